The molecule has 2 aromatic heterocycles. The lowest BCUT2D eigenvalue weighted by molar-refractivity contribution is 0.0937. The van der Waals surface area contributed by atoms with Crippen LogP contribution in [-0.2, 0) is 0 Å². The molecule has 0 unspecified atom stereocenters. The van der Waals surface area contributed by atoms with E-state index in [0.29, 0.717) is 18.2 Å². The van der Waals surface area contributed by atoms with Crippen molar-refractivity contribution in [1.82, 2.24) is 20.8 Å². The van der Waals surface area contributed by atoms with Gasteiger partial charge in [0, 0.05) is 25.6 Å². The van der Waals surface area contributed by atoms with Gasteiger partial charge in [-0.1, -0.05) is 6.07 Å². The van der Waals surface area contributed by atoms with Crippen molar-refractivity contribution in [3.63, 3.8) is 0 Å². The van der Waals surface area contributed by atoms with E-state index in [1.54, 1.807) is 17.4 Å². The quantitative estimate of drug-likeness (QED) is 0.772. The maximum atomic E-state index is 11.9. The maximum absolute atomic E-state index is 11.9. The van der Waals surface area contributed by atoms with Crippen LogP contribution in [0, 0.1) is 5.92 Å². The number of hydrogen-bond acceptors (Lipinski definition) is 4. The number of H-pyrrole nitrogens is 1. The van der Waals surface area contributed by atoms with Crippen molar-refractivity contribution in [1.29, 1.82) is 0 Å². The zero-order valence-corrected chi connectivity index (χ0v) is 10.6. The van der Waals surface area contributed by atoms with E-state index in [0.717, 1.165) is 23.7 Å². The summed E-state index contributed by atoms with van der Waals surface area (Å²) in [7, 11) is 0. The Hall–Kier alpha value is -1.66. The summed E-state index contributed by atoms with van der Waals surface area (Å²) in [6, 6.07) is 5.77. The van der Waals surface area contributed by atoms with Crippen LogP contribution in [0.15, 0.2) is 23.6 Å². The fourth-order valence-electron chi connectivity index (χ4n) is 1.82. The van der Waals surface area contributed by atoms with Crippen LogP contribution in [0.3, 0.4) is 0 Å². The van der Waals surface area contributed by atoms with E-state index < -0.39 is 0 Å². The summed E-state index contributed by atoms with van der Waals surface area (Å²) in [6.07, 6.45) is 0. The van der Waals surface area contributed by atoms with Crippen LogP contribution in [-0.4, -0.2) is 35.7 Å². The Bertz CT molecular complexity index is 530. The highest BCUT2D eigenvalue weighted by molar-refractivity contribution is 7.13. The van der Waals surface area contributed by atoms with Crippen LogP contribution < -0.4 is 10.6 Å². The topological polar surface area (TPSA) is 69.8 Å². The average Bonchev–Trinajstić information content (AvgIpc) is 2.97. The molecule has 0 atom stereocenters. The second-order valence-corrected chi connectivity index (χ2v) is 5.33. The highest BCUT2D eigenvalue weighted by atomic mass is 32.1. The average molecular weight is 262 g/mol. The predicted molar refractivity (Wildman–Crippen MR) is 70.6 cm³/mol. The number of nitrogens with zero attached hydrogens (tertiary/aromatic N) is 1. The Balaban J connectivity index is 1.63. The second kappa shape index (κ2) is 4.91. The standard InChI is InChI=1S/C12H14N4OS/c17-12(14-7-8-5-13-6-8)10-4-9(15-16-10)11-2-1-3-18-11/h1-4,8,13H,5-7H2,(H,14,17)(H,15,16). The zero-order valence-electron chi connectivity index (χ0n) is 9.77. The van der Waals surface area contributed by atoms with Crippen molar-refractivity contribution in [2.75, 3.05) is 19.6 Å². The van der Waals surface area contributed by atoms with Crippen LogP contribution in [0.2, 0.25) is 0 Å². The van der Waals surface area contributed by atoms with Gasteiger partial charge < -0.3 is 10.6 Å². The molecule has 3 heterocycles. The number of thiophene rings is 1. The molecule has 5 nitrogen and oxygen atoms in total. The van der Waals surface area contributed by atoms with E-state index in [1.807, 2.05) is 17.5 Å². The molecule has 1 aliphatic rings. The van der Waals surface area contributed by atoms with E-state index in [1.165, 1.54) is 0 Å². The lowest BCUT2D eigenvalue weighted by atomic mass is 10.0. The largest absolute Gasteiger partial charge is 0.350 e. The zero-order chi connectivity index (χ0) is 12.4. The van der Waals surface area contributed by atoms with E-state index in [2.05, 4.69) is 20.8 Å². The smallest absolute Gasteiger partial charge is 0.271 e. The molecule has 1 aliphatic heterocycles. The van der Waals surface area contributed by atoms with Crippen molar-refractivity contribution in [3.8, 4) is 10.6 Å². The summed E-state index contributed by atoms with van der Waals surface area (Å²) in [6.45, 7) is 2.69. The van der Waals surface area contributed by atoms with Crippen LogP contribution >= 0.6 is 11.3 Å². The monoisotopic (exact) mass is 262 g/mol. The molecule has 0 aliphatic carbocycles. The number of amides is 1. The first-order chi connectivity index (χ1) is 8.83. The lowest BCUT2D eigenvalue weighted by Crippen LogP contribution is -2.48. The van der Waals surface area contributed by atoms with E-state index >= 15 is 0 Å². The Kier molecular flexibility index (Phi) is 3.12. The summed E-state index contributed by atoms with van der Waals surface area (Å²) in [5.41, 5.74) is 1.34. The number of aromatic nitrogens is 2. The number of carbonyl (C=O) groups is 1. The van der Waals surface area contributed by atoms with Gasteiger partial charge >= 0.3 is 0 Å². The van der Waals surface area contributed by atoms with Gasteiger partial charge in [-0.25, -0.2) is 0 Å². The Labute approximate surface area is 109 Å². The molecule has 3 N–H and O–H groups in total. The molecule has 0 aromatic carbocycles. The SMILES string of the molecule is O=C(NCC1CNC1)c1cc(-c2cccs2)[nH]n1. The summed E-state index contributed by atoms with van der Waals surface area (Å²) in [5.74, 6) is 0.450. The number of rotatable bonds is 4. The third kappa shape index (κ3) is 2.30. The number of carbonyl (C=O) groups excluding carboxylic acids is 1. The van der Waals surface area contributed by atoms with Crippen LogP contribution in [0.1, 0.15) is 10.5 Å². The molecular formula is C12H14N4OS. The molecule has 1 amide bonds. The first kappa shape index (κ1) is 11.4. The third-order valence-corrected chi connectivity index (χ3v) is 3.92. The highest BCUT2D eigenvalue weighted by Gasteiger charge is 2.18. The first-order valence-electron chi connectivity index (χ1n) is 5.91. The number of aromatic amines is 1. The third-order valence-electron chi connectivity index (χ3n) is 3.01. The molecule has 0 saturated carbocycles. The van der Waals surface area contributed by atoms with Gasteiger partial charge in [-0.3, -0.25) is 9.89 Å². The van der Waals surface area contributed by atoms with E-state index in [-0.39, 0.29) is 5.91 Å². The van der Waals surface area contributed by atoms with Crippen LogP contribution in [0.5, 0.6) is 0 Å². The normalized spacial score (nSPS) is 15.3. The lowest BCUT2D eigenvalue weighted by Gasteiger charge is -2.26. The molecule has 6 heteroatoms. The molecule has 3 rings (SSSR count). The second-order valence-electron chi connectivity index (χ2n) is 4.38. The van der Waals surface area contributed by atoms with Gasteiger partial charge in [-0.2, -0.15) is 5.10 Å². The summed E-state index contributed by atoms with van der Waals surface area (Å²) in [4.78, 5) is 12.9. The van der Waals surface area contributed by atoms with Gasteiger partial charge in [0.05, 0.1) is 10.6 Å². The van der Waals surface area contributed by atoms with E-state index in [4.69, 9.17) is 0 Å². The number of nitrogens with one attached hydrogen (secondary N) is 3. The fourth-order valence-corrected chi connectivity index (χ4v) is 2.51. The van der Waals surface area contributed by atoms with Gasteiger partial charge in [-0.15, -0.1) is 11.3 Å². The van der Waals surface area contributed by atoms with Crippen molar-refractivity contribution >= 4 is 17.2 Å². The van der Waals surface area contributed by atoms with Gasteiger partial charge in [0.15, 0.2) is 5.69 Å². The van der Waals surface area contributed by atoms with Crippen molar-refractivity contribution in [2.45, 2.75) is 0 Å². The molecule has 0 spiro atoms. The van der Waals surface area contributed by atoms with Gasteiger partial charge in [0.2, 0.25) is 0 Å². The maximum Gasteiger partial charge on any atom is 0.271 e. The van der Waals surface area contributed by atoms with E-state index in [9.17, 15) is 4.79 Å². The molecule has 18 heavy (non-hydrogen) atoms. The van der Waals surface area contributed by atoms with Crippen molar-refractivity contribution in [2.24, 2.45) is 5.92 Å². The molecule has 0 bridgehead atoms. The number of hydrogen-bond donors (Lipinski definition) is 3. The van der Waals surface area contributed by atoms with Gasteiger partial charge in [0.25, 0.3) is 5.91 Å². The molecular weight excluding hydrogens is 248 g/mol. The minimum Gasteiger partial charge on any atom is -0.350 e. The Morgan fingerprint density at radius 1 is 1.56 bits per heavy atom. The Morgan fingerprint density at radius 2 is 2.44 bits per heavy atom. The summed E-state index contributed by atoms with van der Waals surface area (Å²) in [5, 5.41) is 15.0. The molecule has 1 saturated heterocycles. The Morgan fingerprint density at radius 3 is 3.11 bits per heavy atom. The summed E-state index contributed by atoms with van der Waals surface area (Å²) >= 11 is 1.62. The van der Waals surface area contributed by atoms with Gasteiger partial charge in [-0.05, 0) is 17.5 Å². The van der Waals surface area contributed by atoms with Gasteiger partial charge in [0.1, 0.15) is 0 Å². The van der Waals surface area contributed by atoms with Crippen molar-refractivity contribution < 1.29 is 4.79 Å². The van der Waals surface area contributed by atoms with Crippen molar-refractivity contribution in [3.05, 3.63) is 29.3 Å². The molecule has 1 fully saturated rings. The fraction of sp³-hybridized carbons (Fsp3) is 0.333. The molecule has 2 aromatic rings. The predicted octanol–water partition coefficient (Wildman–Crippen LogP) is 1.09. The summed E-state index contributed by atoms with van der Waals surface area (Å²) < 4.78 is 0. The van der Waals surface area contributed by atoms with Crippen LogP contribution in [0.25, 0.3) is 10.6 Å². The first-order valence-corrected chi connectivity index (χ1v) is 6.79. The van der Waals surface area contributed by atoms with Crippen LogP contribution in [0.4, 0.5) is 0 Å². The highest BCUT2D eigenvalue weighted by Crippen LogP contribution is 2.22. The molecule has 0 radical (unpaired) electrons. The minimum atomic E-state index is -0.110. The molecule has 94 valence electrons. The minimum absolute atomic E-state index is 0.110.